The predicted octanol–water partition coefficient (Wildman–Crippen LogP) is 1.25. The maximum absolute atomic E-state index is 11.9. The molecule has 21 heavy (non-hydrogen) atoms. The first-order valence-corrected chi connectivity index (χ1v) is 7.40. The molecule has 1 unspecified atom stereocenters. The number of benzene rings is 1. The van der Waals surface area contributed by atoms with Gasteiger partial charge >= 0.3 is 0 Å². The normalized spacial score (nSPS) is 21.5. The summed E-state index contributed by atoms with van der Waals surface area (Å²) >= 11 is 0. The van der Waals surface area contributed by atoms with Crippen molar-refractivity contribution in [2.24, 2.45) is 0 Å². The fourth-order valence-electron chi connectivity index (χ4n) is 2.62. The Hall–Kier alpha value is -2.04. The van der Waals surface area contributed by atoms with Gasteiger partial charge in [0, 0.05) is 19.0 Å². The summed E-state index contributed by atoms with van der Waals surface area (Å²) in [5, 5.41) is 2.88. The highest BCUT2D eigenvalue weighted by molar-refractivity contribution is 5.83. The second-order valence-corrected chi connectivity index (χ2v) is 5.85. The Labute approximate surface area is 124 Å². The molecule has 2 fully saturated rings. The van der Waals surface area contributed by atoms with Crippen molar-refractivity contribution in [3.63, 3.8) is 0 Å². The van der Waals surface area contributed by atoms with Crippen molar-refractivity contribution in [1.82, 2.24) is 10.2 Å². The van der Waals surface area contributed by atoms with Crippen LogP contribution in [0.1, 0.15) is 24.8 Å². The number of ether oxygens (including phenoxy) is 1. The number of carbonyl (C=O) groups excluding carboxylic acids is 2. The predicted molar refractivity (Wildman–Crippen MR) is 78.0 cm³/mol. The summed E-state index contributed by atoms with van der Waals surface area (Å²) in [6, 6.07) is 7.91. The molecule has 1 heterocycles. The maximum atomic E-state index is 11.9. The molecule has 0 spiro atoms. The van der Waals surface area contributed by atoms with Crippen LogP contribution in [0, 0.1) is 6.92 Å². The van der Waals surface area contributed by atoms with Crippen LogP contribution >= 0.6 is 0 Å². The van der Waals surface area contributed by atoms with Crippen molar-refractivity contribution in [3.05, 3.63) is 29.8 Å². The molecule has 0 bridgehead atoms. The van der Waals surface area contributed by atoms with Gasteiger partial charge in [0.15, 0.2) is 6.61 Å². The van der Waals surface area contributed by atoms with Gasteiger partial charge in [-0.05, 0) is 31.9 Å². The zero-order valence-electron chi connectivity index (χ0n) is 12.2. The lowest BCUT2D eigenvalue weighted by Gasteiger charge is -2.16. The van der Waals surface area contributed by atoms with Gasteiger partial charge < -0.3 is 15.0 Å². The summed E-state index contributed by atoms with van der Waals surface area (Å²) in [4.78, 5) is 25.6. The Kier molecular flexibility index (Phi) is 3.82. The Morgan fingerprint density at radius 3 is 2.71 bits per heavy atom. The van der Waals surface area contributed by atoms with E-state index < -0.39 is 0 Å². The first-order valence-electron chi connectivity index (χ1n) is 7.40. The molecule has 5 heteroatoms. The first-order chi connectivity index (χ1) is 10.1. The Balaban J connectivity index is 1.44. The van der Waals surface area contributed by atoms with Gasteiger partial charge in [-0.25, -0.2) is 0 Å². The van der Waals surface area contributed by atoms with Crippen LogP contribution in [0.15, 0.2) is 24.3 Å². The Morgan fingerprint density at radius 2 is 2.05 bits per heavy atom. The van der Waals surface area contributed by atoms with Gasteiger partial charge in [0.25, 0.3) is 5.91 Å². The lowest BCUT2D eigenvalue weighted by Crippen LogP contribution is -2.40. The minimum absolute atomic E-state index is 0.0167. The van der Waals surface area contributed by atoms with Crippen LogP contribution in [0.5, 0.6) is 5.75 Å². The summed E-state index contributed by atoms with van der Waals surface area (Å²) in [6.45, 7) is 2.62. The minimum atomic E-state index is -0.175. The Morgan fingerprint density at radius 1 is 1.33 bits per heavy atom. The van der Waals surface area contributed by atoms with E-state index >= 15 is 0 Å². The summed E-state index contributed by atoms with van der Waals surface area (Å²) < 4.78 is 5.44. The Bertz CT molecular complexity index is 537. The summed E-state index contributed by atoms with van der Waals surface area (Å²) in [7, 11) is 0. The molecule has 112 valence electrons. The first kappa shape index (κ1) is 13.9. The molecule has 0 radical (unpaired) electrons. The van der Waals surface area contributed by atoms with E-state index in [1.807, 2.05) is 36.1 Å². The minimum Gasteiger partial charge on any atom is -0.484 e. The molecule has 1 aliphatic carbocycles. The third-order valence-electron chi connectivity index (χ3n) is 3.90. The van der Waals surface area contributed by atoms with Crippen LogP contribution < -0.4 is 10.1 Å². The third-order valence-corrected chi connectivity index (χ3v) is 3.90. The largest absolute Gasteiger partial charge is 0.484 e. The molecule has 1 saturated heterocycles. The molecule has 0 aromatic heterocycles. The number of hydrogen-bond donors (Lipinski definition) is 1. The van der Waals surface area contributed by atoms with Gasteiger partial charge in [-0.2, -0.15) is 0 Å². The van der Waals surface area contributed by atoms with E-state index in [0.717, 1.165) is 18.4 Å². The van der Waals surface area contributed by atoms with Crippen LogP contribution in [0.3, 0.4) is 0 Å². The molecule has 1 N–H and O–H groups in total. The van der Waals surface area contributed by atoms with E-state index in [9.17, 15) is 9.59 Å². The third kappa shape index (κ3) is 3.54. The average molecular weight is 288 g/mol. The molecular formula is C16H20N2O3. The average Bonchev–Trinajstić information content (AvgIpc) is 3.23. The topological polar surface area (TPSA) is 58.6 Å². The van der Waals surface area contributed by atoms with E-state index in [2.05, 4.69) is 5.32 Å². The lowest BCUT2D eigenvalue weighted by atomic mass is 10.2. The summed E-state index contributed by atoms with van der Waals surface area (Å²) in [6.07, 6.45) is 2.61. The van der Waals surface area contributed by atoms with E-state index in [0.29, 0.717) is 24.8 Å². The zero-order chi connectivity index (χ0) is 14.8. The number of amides is 2. The fourth-order valence-corrected chi connectivity index (χ4v) is 2.62. The van der Waals surface area contributed by atoms with Crippen molar-refractivity contribution >= 4 is 11.8 Å². The van der Waals surface area contributed by atoms with Crippen LogP contribution in [0.25, 0.3) is 0 Å². The van der Waals surface area contributed by atoms with Gasteiger partial charge in [-0.3, -0.25) is 9.59 Å². The molecule has 1 aromatic rings. The van der Waals surface area contributed by atoms with Crippen molar-refractivity contribution in [3.8, 4) is 5.75 Å². The SMILES string of the molecule is Cc1ccc(OCC(=O)NC2CC(=O)N(C3CC3)C2)cc1. The standard InChI is InChI=1S/C16H20N2O3/c1-11-2-6-14(7-3-11)21-10-15(19)17-12-8-16(20)18(9-12)13-4-5-13/h2-3,6-7,12-13H,4-5,8-10H2,1H3,(H,17,19). The second-order valence-electron chi connectivity index (χ2n) is 5.85. The van der Waals surface area contributed by atoms with E-state index in [-0.39, 0.29) is 24.5 Å². The van der Waals surface area contributed by atoms with Crippen molar-refractivity contribution in [1.29, 1.82) is 0 Å². The van der Waals surface area contributed by atoms with Crippen molar-refractivity contribution < 1.29 is 14.3 Å². The van der Waals surface area contributed by atoms with Crippen molar-refractivity contribution in [2.45, 2.75) is 38.3 Å². The highest BCUT2D eigenvalue weighted by Crippen LogP contribution is 2.30. The molecule has 1 aliphatic heterocycles. The molecule has 1 saturated carbocycles. The zero-order valence-corrected chi connectivity index (χ0v) is 12.2. The maximum Gasteiger partial charge on any atom is 0.258 e. The quantitative estimate of drug-likeness (QED) is 0.887. The van der Waals surface area contributed by atoms with E-state index in [4.69, 9.17) is 4.74 Å². The number of nitrogens with one attached hydrogen (secondary N) is 1. The molecular weight excluding hydrogens is 268 g/mol. The molecule has 5 nitrogen and oxygen atoms in total. The van der Waals surface area contributed by atoms with Crippen LogP contribution in [0.2, 0.25) is 0 Å². The van der Waals surface area contributed by atoms with Crippen molar-refractivity contribution in [2.75, 3.05) is 13.2 Å². The van der Waals surface area contributed by atoms with Gasteiger partial charge in [0.1, 0.15) is 5.75 Å². The number of nitrogens with zero attached hydrogens (tertiary/aromatic N) is 1. The van der Waals surface area contributed by atoms with Gasteiger partial charge in [0.2, 0.25) is 5.91 Å². The number of aryl methyl sites for hydroxylation is 1. The summed E-state index contributed by atoms with van der Waals surface area (Å²) in [5.74, 6) is 0.658. The fraction of sp³-hybridized carbons (Fsp3) is 0.500. The van der Waals surface area contributed by atoms with E-state index in [1.54, 1.807) is 0 Å². The van der Waals surface area contributed by atoms with Crippen LogP contribution in [-0.2, 0) is 9.59 Å². The van der Waals surface area contributed by atoms with Crippen LogP contribution in [0.4, 0.5) is 0 Å². The van der Waals surface area contributed by atoms with Crippen LogP contribution in [-0.4, -0.2) is 41.9 Å². The van der Waals surface area contributed by atoms with Gasteiger partial charge in [0.05, 0.1) is 6.04 Å². The van der Waals surface area contributed by atoms with Gasteiger partial charge in [-0.15, -0.1) is 0 Å². The molecule has 2 aliphatic rings. The van der Waals surface area contributed by atoms with E-state index in [1.165, 1.54) is 0 Å². The van der Waals surface area contributed by atoms with Gasteiger partial charge in [-0.1, -0.05) is 17.7 Å². The number of rotatable bonds is 5. The summed E-state index contributed by atoms with van der Waals surface area (Å²) in [5.41, 5.74) is 1.15. The number of hydrogen-bond acceptors (Lipinski definition) is 3. The second kappa shape index (κ2) is 5.76. The highest BCUT2D eigenvalue weighted by atomic mass is 16.5. The number of carbonyl (C=O) groups is 2. The molecule has 2 amide bonds. The monoisotopic (exact) mass is 288 g/mol. The highest BCUT2D eigenvalue weighted by Gasteiger charge is 2.39. The number of likely N-dealkylation sites (tertiary alicyclic amines) is 1. The lowest BCUT2D eigenvalue weighted by molar-refractivity contribution is -0.128. The smallest absolute Gasteiger partial charge is 0.258 e. The molecule has 3 rings (SSSR count). The molecule has 1 aromatic carbocycles. The molecule has 1 atom stereocenters.